The van der Waals surface area contributed by atoms with E-state index in [1.165, 1.54) is 6.33 Å². The van der Waals surface area contributed by atoms with Gasteiger partial charge in [0.1, 0.15) is 12.0 Å². The quantitative estimate of drug-likeness (QED) is 0.552. The Kier molecular flexibility index (Phi) is 2.70. The molecule has 11 heavy (non-hydrogen) atoms. The highest BCUT2D eigenvalue weighted by atomic mass is 79.9. The van der Waals surface area contributed by atoms with Crippen molar-refractivity contribution in [3.05, 3.63) is 23.8 Å². The second kappa shape index (κ2) is 3.57. The van der Waals surface area contributed by atoms with Crippen molar-refractivity contribution in [2.75, 3.05) is 5.33 Å². The zero-order valence-electron chi connectivity index (χ0n) is 6.04. The summed E-state index contributed by atoms with van der Waals surface area (Å²) in [7, 11) is 0. The fraction of sp³-hybridized carbons (Fsp3) is 0.286. The van der Waals surface area contributed by atoms with Crippen LogP contribution in [0.1, 0.15) is 16.2 Å². The van der Waals surface area contributed by atoms with Crippen molar-refractivity contribution < 1.29 is 4.79 Å². The van der Waals surface area contributed by atoms with Gasteiger partial charge in [0.2, 0.25) is 0 Å². The summed E-state index contributed by atoms with van der Waals surface area (Å²) in [6, 6.07) is 1.67. The van der Waals surface area contributed by atoms with Crippen molar-refractivity contribution in [3.8, 4) is 0 Å². The van der Waals surface area contributed by atoms with Crippen LogP contribution >= 0.6 is 15.9 Å². The predicted octanol–water partition coefficient (Wildman–Crippen LogP) is 1.36. The summed E-state index contributed by atoms with van der Waals surface area (Å²) in [6.07, 6.45) is 1.39. The first-order chi connectivity index (χ1) is 5.24. The third-order valence-corrected chi connectivity index (χ3v) is 1.72. The Labute approximate surface area is 73.0 Å². The maximum Gasteiger partial charge on any atom is 0.191 e. The van der Waals surface area contributed by atoms with Gasteiger partial charge in [-0.3, -0.25) is 4.79 Å². The van der Waals surface area contributed by atoms with Gasteiger partial charge in [-0.15, -0.1) is 0 Å². The highest BCUT2D eigenvalue weighted by Gasteiger charge is 2.04. The van der Waals surface area contributed by atoms with Crippen LogP contribution in [-0.2, 0) is 0 Å². The lowest BCUT2D eigenvalue weighted by Gasteiger charge is -1.95. The lowest BCUT2D eigenvalue weighted by molar-refractivity contribution is 0.101. The summed E-state index contributed by atoms with van der Waals surface area (Å²) in [5, 5.41) is 0.309. The van der Waals surface area contributed by atoms with E-state index in [1.54, 1.807) is 6.07 Å². The molecule has 1 rings (SSSR count). The zero-order valence-corrected chi connectivity index (χ0v) is 7.63. The highest BCUT2D eigenvalue weighted by molar-refractivity contribution is 9.09. The van der Waals surface area contributed by atoms with E-state index in [-0.39, 0.29) is 5.78 Å². The van der Waals surface area contributed by atoms with Gasteiger partial charge in [-0.2, -0.15) is 0 Å². The number of carbonyl (C=O) groups is 1. The van der Waals surface area contributed by atoms with E-state index < -0.39 is 0 Å². The molecular formula is C7H7BrN2O. The number of nitrogens with zero attached hydrogens (tertiary/aromatic N) is 2. The maximum atomic E-state index is 11.0. The standard InChI is InChI=1S/C7H7BrN2O/c1-5-2-6(7(11)3-8)10-4-9-5/h2,4H,3H2,1H3. The van der Waals surface area contributed by atoms with E-state index in [9.17, 15) is 4.79 Å². The molecule has 0 amide bonds. The van der Waals surface area contributed by atoms with Crippen LogP contribution < -0.4 is 0 Å². The number of hydrogen-bond donors (Lipinski definition) is 0. The molecule has 58 valence electrons. The molecule has 0 radical (unpaired) electrons. The summed E-state index contributed by atoms with van der Waals surface area (Å²) < 4.78 is 0. The molecule has 1 heterocycles. The Morgan fingerprint density at radius 2 is 2.36 bits per heavy atom. The average Bonchev–Trinajstić information content (AvgIpc) is 2.03. The van der Waals surface area contributed by atoms with Crippen LogP contribution in [0.25, 0.3) is 0 Å². The van der Waals surface area contributed by atoms with Gasteiger partial charge in [0, 0.05) is 5.69 Å². The van der Waals surface area contributed by atoms with Crippen LogP contribution in [0.4, 0.5) is 0 Å². The van der Waals surface area contributed by atoms with E-state index in [1.807, 2.05) is 6.92 Å². The topological polar surface area (TPSA) is 42.9 Å². The first-order valence-corrected chi connectivity index (χ1v) is 4.24. The minimum atomic E-state index is -0.0181. The van der Waals surface area contributed by atoms with Crippen molar-refractivity contribution in [3.63, 3.8) is 0 Å². The molecule has 0 aliphatic carbocycles. The normalized spacial score (nSPS) is 9.64. The van der Waals surface area contributed by atoms with Crippen molar-refractivity contribution in [1.29, 1.82) is 0 Å². The monoisotopic (exact) mass is 214 g/mol. The third-order valence-electron chi connectivity index (χ3n) is 1.21. The summed E-state index contributed by atoms with van der Waals surface area (Å²) in [6.45, 7) is 1.83. The Balaban J connectivity index is 2.96. The van der Waals surface area contributed by atoms with Crippen LogP contribution in [-0.4, -0.2) is 21.1 Å². The fourth-order valence-corrected chi connectivity index (χ4v) is 0.963. The average molecular weight is 215 g/mol. The van der Waals surface area contributed by atoms with E-state index in [0.29, 0.717) is 11.0 Å². The van der Waals surface area contributed by atoms with Gasteiger partial charge in [-0.1, -0.05) is 15.9 Å². The lowest BCUT2D eigenvalue weighted by atomic mass is 10.3. The van der Waals surface area contributed by atoms with Gasteiger partial charge in [0.05, 0.1) is 5.33 Å². The van der Waals surface area contributed by atoms with Crippen molar-refractivity contribution in [2.45, 2.75) is 6.92 Å². The molecule has 1 aromatic heterocycles. The van der Waals surface area contributed by atoms with Crippen molar-refractivity contribution in [1.82, 2.24) is 9.97 Å². The van der Waals surface area contributed by atoms with Crippen molar-refractivity contribution >= 4 is 21.7 Å². The number of Topliss-reactive ketones (excluding diaryl/α,β-unsaturated/α-hetero) is 1. The number of hydrogen-bond acceptors (Lipinski definition) is 3. The fourth-order valence-electron chi connectivity index (χ4n) is 0.675. The van der Waals surface area contributed by atoms with Crippen molar-refractivity contribution in [2.24, 2.45) is 0 Å². The molecule has 0 N–H and O–H groups in total. The number of ketones is 1. The van der Waals surface area contributed by atoms with E-state index in [4.69, 9.17) is 0 Å². The van der Waals surface area contributed by atoms with E-state index >= 15 is 0 Å². The van der Waals surface area contributed by atoms with Crippen LogP contribution in [0, 0.1) is 6.92 Å². The van der Waals surface area contributed by atoms with Crippen LogP contribution in [0.5, 0.6) is 0 Å². The highest BCUT2D eigenvalue weighted by Crippen LogP contribution is 1.99. The molecule has 0 aromatic carbocycles. The van der Waals surface area contributed by atoms with E-state index in [2.05, 4.69) is 25.9 Å². The molecule has 0 bridgehead atoms. The first kappa shape index (κ1) is 8.33. The summed E-state index contributed by atoms with van der Waals surface area (Å²) >= 11 is 3.07. The van der Waals surface area contributed by atoms with Gasteiger partial charge in [0.15, 0.2) is 5.78 Å². The summed E-state index contributed by atoms with van der Waals surface area (Å²) in [4.78, 5) is 18.7. The molecule has 0 unspecified atom stereocenters. The maximum absolute atomic E-state index is 11.0. The Morgan fingerprint density at radius 3 is 2.91 bits per heavy atom. The largest absolute Gasteiger partial charge is 0.291 e. The van der Waals surface area contributed by atoms with Gasteiger partial charge in [-0.05, 0) is 13.0 Å². The molecule has 0 saturated carbocycles. The van der Waals surface area contributed by atoms with Gasteiger partial charge >= 0.3 is 0 Å². The summed E-state index contributed by atoms with van der Waals surface area (Å²) in [5.74, 6) is -0.0181. The summed E-state index contributed by atoms with van der Waals surface area (Å²) in [5.41, 5.74) is 1.28. The number of alkyl halides is 1. The minimum absolute atomic E-state index is 0.0181. The zero-order chi connectivity index (χ0) is 8.27. The molecule has 4 heteroatoms. The SMILES string of the molecule is Cc1cc(C(=O)CBr)ncn1. The Hall–Kier alpha value is -0.770. The smallest absolute Gasteiger partial charge is 0.191 e. The number of halogens is 1. The van der Waals surface area contributed by atoms with Crippen LogP contribution in [0.3, 0.4) is 0 Å². The van der Waals surface area contributed by atoms with Crippen LogP contribution in [0.2, 0.25) is 0 Å². The molecule has 0 fully saturated rings. The van der Waals surface area contributed by atoms with Crippen LogP contribution in [0.15, 0.2) is 12.4 Å². The second-order valence-electron chi connectivity index (χ2n) is 2.10. The lowest BCUT2D eigenvalue weighted by Crippen LogP contribution is -2.03. The molecule has 0 aliphatic rings. The Bertz CT molecular complexity index is 275. The Morgan fingerprint density at radius 1 is 1.64 bits per heavy atom. The second-order valence-corrected chi connectivity index (χ2v) is 2.66. The van der Waals surface area contributed by atoms with E-state index in [0.717, 1.165) is 5.69 Å². The van der Waals surface area contributed by atoms with Gasteiger partial charge in [-0.25, -0.2) is 9.97 Å². The molecular weight excluding hydrogens is 208 g/mol. The molecule has 0 atom stereocenters. The minimum Gasteiger partial charge on any atom is -0.291 e. The van der Waals surface area contributed by atoms with Gasteiger partial charge < -0.3 is 0 Å². The molecule has 0 aliphatic heterocycles. The predicted molar refractivity (Wildman–Crippen MR) is 44.9 cm³/mol. The number of rotatable bonds is 2. The number of carbonyl (C=O) groups excluding carboxylic acids is 1. The number of aryl methyl sites for hydroxylation is 1. The molecule has 1 aromatic rings. The third kappa shape index (κ3) is 2.08. The molecule has 3 nitrogen and oxygen atoms in total. The number of aromatic nitrogens is 2. The van der Waals surface area contributed by atoms with Gasteiger partial charge in [0.25, 0.3) is 0 Å². The molecule has 0 spiro atoms. The first-order valence-electron chi connectivity index (χ1n) is 3.12. The molecule has 0 saturated heterocycles.